The van der Waals surface area contributed by atoms with Gasteiger partial charge in [0, 0.05) is 11.3 Å². The Morgan fingerprint density at radius 3 is 2.24 bits per heavy atom. The van der Waals surface area contributed by atoms with Crippen LogP contribution >= 0.6 is 0 Å². The van der Waals surface area contributed by atoms with E-state index < -0.39 is 12.5 Å². The van der Waals surface area contributed by atoms with Gasteiger partial charge in [0.05, 0.1) is 5.56 Å². The summed E-state index contributed by atoms with van der Waals surface area (Å²) < 4.78 is 29.5. The van der Waals surface area contributed by atoms with Gasteiger partial charge in [0.25, 0.3) is 5.91 Å². The van der Waals surface area contributed by atoms with Gasteiger partial charge < -0.3 is 10.1 Å². The minimum Gasteiger partial charge on any atom is -0.434 e. The van der Waals surface area contributed by atoms with Crippen LogP contribution in [-0.2, 0) is 0 Å². The van der Waals surface area contributed by atoms with Crippen molar-refractivity contribution in [3.05, 3.63) is 84.4 Å². The van der Waals surface area contributed by atoms with Gasteiger partial charge in [-0.3, -0.25) is 4.79 Å². The van der Waals surface area contributed by atoms with Crippen LogP contribution in [0.3, 0.4) is 0 Å². The van der Waals surface area contributed by atoms with Gasteiger partial charge in [0.15, 0.2) is 0 Å². The van der Waals surface area contributed by atoms with Gasteiger partial charge in [-0.1, -0.05) is 60.7 Å². The first-order chi connectivity index (χ1) is 12.1. The summed E-state index contributed by atoms with van der Waals surface area (Å²) >= 11 is 0. The molecule has 3 aromatic carbocycles. The van der Waals surface area contributed by atoms with Gasteiger partial charge in [-0.2, -0.15) is 8.78 Å². The fourth-order valence-corrected chi connectivity index (χ4v) is 2.50. The van der Waals surface area contributed by atoms with Gasteiger partial charge in [-0.05, 0) is 23.8 Å². The predicted octanol–water partition coefficient (Wildman–Crippen LogP) is 5.21. The van der Waals surface area contributed by atoms with Crippen molar-refractivity contribution in [2.24, 2.45) is 0 Å². The molecule has 0 saturated carbocycles. The van der Waals surface area contributed by atoms with E-state index in [1.54, 1.807) is 18.2 Å². The highest BCUT2D eigenvalue weighted by Gasteiger charge is 2.16. The third-order valence-electron chi connectivity index (χ3n) is 3.61. The van der Waals surface area contributed by atoms with Gasteiger partial charge >= 0.3 is 6.61 Å². The van der Waals surface area contributed by atoms with Crippen LogP contribution in [0.15, 0.2) is 78.9 Å². The monoisotopic (exact) mass is 339 g/mol. The molecule has 0 aliphatic carbocycles. The minimum absolute atomic E-state index is 0.0469. The van der Waals surface area contributed by atoms with Crippen LogP contribution in [0.4, 0.5) is 14.5 Å². The van der Waals surface area contributed by atoms with E-state index in [1.165, 1.54) is 18.2 Å². The molecular weight excluding hydrogens is 324 g/mol. The maximum atomic E-state index is 12.6. The molecule has 25 heavy (non-hydrogen) atoms. The second-order valence-electron chi connectivity index (χ2n) is 5.24. The molecule has 0 aliphatic rings. The summed E-state index contributed by atoms with van der Waals surface area (Å²) in [6.07, 6.45) is 0. The lowest BCUT2D eigenvalue weighted by Crippen LogP contribution is -2.15. The van der Waals surface area contributed by atoms with Crippen LogP contribution in [0, 0.1) is 0 Å². The number of rotatable bonds is 5. The highest BCUT2D eigenvalue weighted by atomic mass is 19.3. The lowest BCUT2D eigenvalue weighted by atomic mass is 10.0. The van der Waals surface area contributed by atoms with Crippen LogP contribution < -0.4 is 10.1 Å². The van der Waals surface area contributed by atoms with Crippen LogP contribution in [-0.4, -0.2) is 12.5 Å². The van der Waals surface area contributed by atoms with Crippen molar-refractivity contribution in [2.45, 2.75) is 6.61 Å². The van der Waals surface area contributed by atoms with E-state index in [0.29, 0.717) is 5.69 Å². The molecule has 5 heteroatoms. The van der Waals surface area contributed by atoms with E-state index in [9.17, 15) is 13.6 Å². The first kappa shape index (κ1) is 16.6. The van der Waals surface area contributed by atoms with E-state index in [4.69, 9.17) is 0 Å². The van der Waals surface area contributed by atoms with Crippen molar-refractivity contribution < 1.29 is 18.3 Å². The summed E-state index contributed by atoms with van der Waals surface area (Å²) in [7, 11) is 0. The molecule has 0 spiro atoms. The Hall–Kier alpha value is -3.21. The lowest BCUT2D eigenvalue weighted by molar-refractivity contribution is -0.0501. The Balaban J connectivity index is 1.91. The van der Waals surface area contributed by atoms with Crippen LogP contribution in [0.1, 0.15) is 10.4 Å². The minimum atomic E-state index is -2.99. The topological polar surface area (TPSA) is 38.3 Å². The fourth-order valence-electron chi connectivity index (χ4n) is 2.50. The van der Waals surface area contributed by atoms with Crippen LogP contribution in [0.2, 0.25) is 0 Å². The van der Waals surface area contributed by atoms with Crippen molar-refractivity contribution in [1.82, 2.24) is 0 Å². The SMILES string of the molecule is O=C(Nc1ccccc1-c1ccccc1)c1ccccc1OC(F)F. The smallest absolute Gasteiger partial charge is 0.387 e. The number of amides is 1. The fraction of sp³-hybridized carbons (Fsp3) is 0.0500. The number of nitrogens with one attached hydrogen (secondary N) is 1. The molecule has 0 aromatic heterocycles. The molecule has 0 unspecified atom stereocenters. The Morgan fingerprint density at radius 2 is 1.48 bits per heavy atom. The zero-order valence-electron chi connectivity index (χ0n) is 13.2. The van der Waals surface area contributed by atoms with Gasteiger partial charge in [-0.15, -0.1) is 0 Å². The average molecular weight is 339 g/mol. The van der Waals surface area contributed by atoms with E-state index in [-0.39, 0.29) is 11.3 Å². The summed E-state index contributed by atoms with van der Waals surface area (Å²) in [5.41, 5.74) is 2.41. The maximum Gasteiger partial charge on any atom is 0.387 e. The number of ether oxygens (including phenoxy) is 1. The maximum absolute atomic E-state index is 12.6. The highest BCUT2D eigenvalue weighted by Crippen LogP contribution is 2.29. The zero-order valence-corrected chi connectivity index (χ0v) is 13.2. The molecule has 3 rings (SSSR count). The second-order valence-corrected chi connectivity index (χ2v) is 5.24. The Morgan fingerprint density at radius 1 is 0.840 bits per heavy atom. The van der Waals surface area contributed by atoms with E-state index >= 15 is 0 Å². The van der Waals surface area contributed by atoms with Crippen molar-refractivity contribution >= 4 is 11.6 Å². The number of halogens is 2. The Labute approximate surface area is 143 Å². The third-order valence-corrected chi connectivity index (χ3v) is 3.61. The quantitative estimate of drug-likeness (QED) is 0.693. The number of hydrogen-bond donors (Lipinski definition) is 1. The normalized spacial score (nSPS) is 10.5. The van der Waals surface area contributed by atoms with E-state index in [1.807, 2.05) is 42.5 Å². The number of anilines is 1. The van der Waals surface area contributed by atoms with Gasteiger partial charge in [0.1, 0.15) is 5.75 Å². The Bertz CT molecular complexity index is 866. The van der Waals surface area contributed by atoms with Crippen molar-refractivity contribution in [1.29, 1.82) is 0 Å². The second kappa shape index (κ2) is 7.57. The lowest BCUT2D eigenvalue weighted by Gasteiger charge is -2.13. The molecule has 0 radical (unpaired) electrons. The number of para-hydroxylation sites is 2. The standard InChI is InChI=1S/C20H15F2NO2/c21-20(22)25-18-13-7-5-11-16(18)19(24)23-17-12-6-4-10-15(17)14-8-2-1-3-9-14/h1-13,20H,(H,23,24). The number of alkyl halides is 2. The molecule has 1 amide bonds. The first-order valence-corrected chi connectivity index (χ1v) is 7.65. The summed E-state index contributed by atoms with van der Waals surface area (Å²) in [5, 5.41) is 2.78. The zero-order chi connectivity index (χ0) is 17.6. The summed E-state index contributed by atoms with van der Waals surface area (Å²) in [5.74, 6) is -0.674. The van der Waals surface area contributed by atoms with Crippen molar-refractivity contribution in [3.63, 3.8) is 0 Å². The van der Waals surface area contributed by atoms with E-state index in [2.05, 4.69) is 10.1 Å². The molecule has 126 valence electrons. The molecule has 0 aliphatic heterocycles. The first-order valence-electron chi connectivity index (χ1n) is 7.65. The van der Waals surface area contributed by atoms with Gasteiger partial charge in [-0.25, -0.2) is 0 Å². The number of carbonyl (C=O) groups is 1. The van der Waals surface area contributed by atoms with Crippen LogP contribution in [0.25, 0.3) is 11.1 Å². The average Bonchev–Trinajstić information content (AvgIpc) is 2.63. The molecule has 0 saturated heterocycles. The third kappa shape index (κ3) is 4.01. The van der Waals surface area contributed by atoms with E-state index in [0.717, 1.165) is 11.1 Å². The van der Waals surface area contributed by atoms with Crippen LogP contribution in [0.5, 0.6) is 5.75 Å². The van der Waals surface area contributed by atoms with Crippen molar-refractivity contribution in [3.8, 4) is 16.9 Å². The summed E-state index contributed by atoms with van der Waals surface area (Å²) in [6.45, 7) is -2.99. The molecule has 1 N–H and O–H groups in total. The molecule has 0 bridgehead atoms. The van der Waals surface area contributed by atoms with Crippen molar-refractivity contribution in [2.75, 3.05) is 5.32 Å². The molecule has 0 atom stereocenters. The molecule has 0 fully saturated rings. The largest absolute Gasteiger partial charge is 0.434 e. The summed E-state index contributed by atoms with van der Waals surface area (Å²) in [4.78, 5) is 12.6. The number of carbonyl (C=O) groups excluding carboxylic acids is 1. The molecule has 3 nitrogen and oxygen atoms in total. The Kier molecular flexibility index (Phi) is 5.04. The molecular formula is C20H15F2NO2. The predicted molar refractivity (Wildman–Crippen MR) is 92.9 cm³/mol. The molecule has 3 aromatic rings. The highest BCUT2D eigenvalue weighted by molar-refractivity contribution is 6.08. The van der Waals surface area contributed by atoms with Gasteiger partial charge in [0.2, 0.25) is 0 Å². The molecule has 0 heterocycles. The number of benzene rings is 3. The number of hydrogen-bond acceptors (Lipinski definition) is 2. The summed E-state index contributed by atoms with van der Waals surface area (Å²) in [6, 6.07) is 22.8.